The number of aliphatic hydroxyl groups is 1. The second kappa shape index (κ2) is 8.41. The third-order valence-electron chi connectivity index (χ3n) is 5.09. The van der Waals surface area contributed by atoms with E-state index in [9.17, 15) is 13.5 Å². The van der Waals surface area contributed by atoms with Gasteiger partial charge in [0.1, 0.15) is 11.6 Å². The molecule has 0 aliphatic carbocycles. The summed E-state index contributed by atoms with van der Waals surface area (Å²) >= 11 is 0. The van der Waals surface area contributed by atoms with Gasteiger partial charge in [-0.2, -0.15) is 0 Å². The minimum atomic E-state index is -3.24. The Morgan fingerprint density at radius 1 is 1.00 bits per heavy atom. The zero-order valence-electron chi connectivity index (χ0n) is 16.7. The average molecular weight is 425 g/mol. The monoisotopic (exact) mass is 424 g/mol. The van der Waals surface area contributed by atoms with Crippen molar-refractivity contribution in [2.45, 2.75) is 23.8 Å². The van der Waals surface area contributed by atoms with Gasteiger partial charge in [0.2, 0.25) is 0 Å². The summed E-state index contributed by atoms with van der Waals surface area (Å²) in [5.41, 5.74) is 1.65. The number of nitrogens with one attached hydrogen (secondary N) is 1. The highest BCUT2D eigenvalue weighted by molar-refractivity contribution is 7.90. The predicted octanol–water partition coefficient (Wildman–Crippen LogP) is 3.25. The van der Waals surface area contributed by atoms with E-state index >= 15 is 0 Å². The van der Waals surface area contributed by atoms with Crippen molar-refractivity contribution in [2.24, 2.45) is 0 Å². The molecule has 156 valence electrons. The topological polar surface area (TPSA) is 95.4 Å². The third-order valence-corrected chi connectivity index (χ3v) is 6.22. The lowest BCUT2D eigenvalue weighted by Gasteiger charge is -2.30. The maximum atomic E-state index is 11.7. The molecule has 7 nitrogen and oxygen atoms in total. The molecule has 2 N–H and O–H groups in total. The van der Waals surface area contributed by atoms with Gasteiger partial charge in [-0.25, -0.2) is 18.4 Å². The molecule has 4 rings (SSSR count). The smallest absolute Gasteiger partial charge is 0.175 e. The van der Waals surface area contributed by atoms with Crippen LogP contribution in [-0.4, -0.2) is 48.9 Å². The number of hydrogen-bond donors (Lipinski definition) is 2. The predicted molar refractivity (Wildman–Crippen MR) is 118 cm³/mol. The van der Waals surface area contributed by atoms with Crippen LogP contribution in [0, 0.1) is 0 Å². The molecule has 0 amide bonds. The molecular weight excluding hydrogens is 400 g/mol. The Bertz CT molecular complexity index is 1110. The molecule has 1 fully saturated rings. The molecule has 3 aromatic rings. The molecule has 1 saturated heterocycles. The Morgan fingerprint density at radius 3 is 2.30 bits per heavy atom. The first kappa shape index (κ1) is 20.3. The van der Waals surface area contributed by atoms with Crippen molar-refractivity contribution in [1.29, 1.82) is 0 Å². The fourth-order valence-corrected chi connectivity index (χ4v) is 4.04. The van der Waals surface area contributed by atoms with Crippen LogP contribution in [0.4, 0.5) is 17.3 Å². The van der Waals surface area contributed by atoms with Gasteiger partial charge in [-0.3, -0.25) is 0 Å². The van der Waals surface area contributed by atoms with Gasteiger partial charge in [-0.1, -0.05) is 30.3 Å². The Hall–Kier alpha value is -2.97. The quantitative estimate of drug-likeness (QED) is 0.649. The molecule has 0 atom stereocenters. The van der Waals surface area contributed by atoms with Gasteiger partial charge in [0.15, 0.2) is 15.7 Å². The van der Waals surface area contributed by atoms with Crippen LogP contribution >= 0.6 is 0 Å². The number of piperidine rings is 1. The fraction of sp³-hybridized carbons (Fsp3) is 0.273. The van der Waals surface area contributed by atoms with Crippen LogP contribution < -0.4 is 10.2 Å². The van der Waals surface area contributed by atoms with Crippen LogP contribution in [0.1, 0.15) is 12.8 Å². The van der Waals surface area contributed by atoms with Crippen LogP contribution in [0.2, 0.25) is 0 Å². The number of sulfone groups is 1. The number of hydrogen-bond acceptors (Lipinski definition) is 7. The normalized spacial score (nSPS) is 15.2. The molecule has 0 saturated carbocycles. The second-order valence-corrected chi connectivity index (χ2v) is 9.46. The van der Waals surface area contributed by atoms with Crippen molar-refractivity contribution < 1.29 is 13.5 Å². The number of aromatic nitrogens is 2. The third kappa shape index (κ3) is 4.77. The fourth-order valence-electron chi connectivity index (χ4n) is 3.41. The SMILES string of the molecule is CS(=O)(=O)c1ccc(Nc2cc(N3CCC(O)CC3)nc(-c3ccccc3)n2)cc1. The van der Waals surface area contributed by atoms with Gasteiger partial charge in [-0.15, -0.1) is 0 Å². The van der Waals surface area contributed by atoms with E-state index in [4.69, 9.17) is 4.98 Å². The highest BCUT2D eigenvalue weighted by Gasteiger charge is 2.20. The minimum Gasteiger partial charge on any atom is -0.393 e. The van der Waals surface area contributed by atoms with Crippen molar-refractivity contribution in [3.8, 4) is 11.4 Å². The molecule has 0 bridgehead atoms. The molecule has 0 unspecified atom stereocenters. The molecule has 8 heteroatoms. The first-order valence-corrected chi connectivity index (χ1v) is 11.7. The van der Waals surface area contributed by atoms with Crippen molar-refractivity contribution in [3.63, 3.8) is 0 Å². The molecule has 1 aliphatic rings. The zero-order valence-corrected chi connectivity index (χ0v) is 17.5. The second-order valence-electron chi connectivity index (χ2n) is 7.44. The van der Waals surface area contributed by atoms with E-state index in [2.05, 4.69) is 15.2 Å². The summed E-state index contributed by atoms with van der Waals surface area (Å²) in [4.78, 5) is 11.8. The summed E-state index contributed by atoms with van der Waals surface area (Å²) in [6.45, 7) is 1.46. The van der Waals surface area contributed by atoms with Crippen molar-refractivity contribution in [2.75, 3.05) is 29.6 Å². The Kier molecular flexibility index (Phi) is 5.69. The number of nitrogens with zero attached hydrogens (tertiary/aromatic N) is 3. The summed E-state index contributed by atoms with van der Waals surface area (Å²) in [7, 11) is -3.24. The lowest BCUT2D eigenvalue weighted by atomic mass is 10.1. The van der Waals surface area contributed by atoms with Crippen LogP contribution in [-0.2, 0) is 9.84 Å². The molecule has 1 aromatic heterocycles. The van der Waals surface area contributed by atoms with Crippen molar-refractivity contribution in [3.05, 3.63) is 60.7 Å². The largest absolute Gasteiger partial charge is 0.393 e. The summed E-state index contributed by atoms with van der Waals surface area (Å²) in [5, 5.41) is 13.1. The van der Waals surface area contributed by atoms with E-state index in [1.807, 2.05) is 36.4 Å². The molecule has 0 radical (unpaired) electrons. The Labute approximate surface area is 176 Å². The molecule has 30 heavy (non-hydrogen) atoms. The first-order chi connectivity index (χ1) is 14.4. The maximum Gasteiger partial charge on any atom is 0.175 e. The van der Waals surface area contributed by atoms with Crippen LogP contribution in [0.3, 0.4) is 0 Å². The Morgan fingerprint density at radius 2 is 1.67 bits per heavy atom. The highest BCUT2D eigenvalue weighted by atomic mass is 32.2. The summed E-state index contributed by atoms with van der Waals surface area (Å²) in [5.74, 6) is 2.03. The average Bonchev–Trinajstić information content (AvgIpc) is 2.74. The minimum absolute atomic E-state index is 0.261. The molecule has 1 aliphatic heterocycles. The van der Waals surface area contributed by atoms with Gasteiger partial charge in [0.05, 0.1) is 11.0 Å². The highest BCUT2D eigenvalue weighted by Crippen LogP contribution is 2.27. The van der Waals surface area contributed by atoms with E-state index in [0.717, 1.165) is 30.2 Å². The van der Waals surface area contributed by atoms with Gasteiger partial charge >= 0.3 is 0 Å². The van der Waals surface area contributed by atoms with Crippen LogP contribution in [0.5, 0.6) is 0 Å². The lowest BCUT2D eigenvalue weighted by Crippen LogP contribution is -2.36. The van der Waals surface area contributed by atoms with Crippen LogP contribution in [0.15, 0.2) is 65.6 Å². The standard InChI is InChI=1S/C22H24N4O3S/c1-30(28,29)19-9-7-17(8-10-19)23-20-15-21(26-13-11-18(27)12-14-26)25-22(24-20)16-5-3-2-4-6-16/h2-10,15,18,27H,11-14H2,1H3,(H,23,24,25). The van der Waals surface area contributed by atoms with E-state index in [-0.39, 0.29) is 11.0 Å². The van der Waals surface area contributed by atoms with Gasteiger partial charge in [-0.05, 0) is 37.1 Å². The maximum absolute atomic E-state index is 11.7. The van der Waals surface area contributed by atoms with E-state index in [1.54, 1.807) is 24.3 Å². The summed E-state index contributed by atoms with van der Waals surface area (Å²) in [6, 6.07) is 18.2. The van der Waals surface area contributed by atoms with Crippen LogP contribution in [0.25, 0.3) is 11.4 Å². The molecule has 2 heterocycles. The summed E-state index contributed by atoms with van der Waals surface area (Å²) < 4.78 is 23.4. The van der Waals surface area contributed by atoms with E-state index in [0.29, 0.717) is 24.5 Å². The Balaban J connectivity index is 1.67. The molecule has 0 spiro atoms. The zero-order chi connectivity index (χ0) is 21.1. The number of aliphatic hydroxyl groups excluding tert-OH is 1. The molecular formula is C22H24N4O3S. The first-order valence-electron chi connectivity index (χ1n) is 9.83. The van der Waals surface area contributed by atoms with Crippen molar-refractivity contribution >= 4 is 27.2 Å². The van der Waals surface area contributed by atoms with Gasteiger partial charge in [0.25, 0.3) is 0 Å². The lowest BCUT2D eigenvalue weighted by molar-refractivity contribution is 0.145. The van der Waals surface area contributed by atoms with E-state index in [1.165, 1.54) is 6.26 Å². The van der Waals surface area contributed by atoms with Crippen molar-refractivity contribution in [1.82, 2.24) is 9.97 Å². The number of anilines is 3. The number of benzene rings is 2. The van der Waals surface area contributed by atoms with Gasteiger partial charge in [0, 0.05) is 36.7 Å². The summed E-state index contributed by atoms with van der Waals surface area (Å²) in [6.07, 6.45) is 2.34. The molecule has 2 aromatic carbocycles. The number of rotatable bonds is 5. The van der Waals surface area contributed by atoms with Gasteiger partial charge < -0.3 is 15.3 Å². The van der Waals surface area contributed by atoms with E-state index < -0.39 is 9.84 Å².